The zero-order chi connectivity index (χ0) is 25.3. The highest BCUT2D eigenvalue weighted by Crippen LogP contribution is 2.46. The van der Waals surface area contributed by atoms with E-state index in [1.807, 2.05) is 39.0 Å². The lowest BCUT2D eigenvalue weighted by Gasteiger charge is -2.41. The van der Waals surface area contributed by atoms with Gasteiger partial charge in [-0.3, -0.25) is 4.79 Å². The van der Waals surface area contributed by atoms with E-state index in [4.69, 9.17) is 14.2 Å². The van der Waals surface area contributed by atoms with E-state index < -0.39 is 11.7 Å². The van der Waals surface area contributed by atoms with Crippen molar-refractivity contribution in [1.82, 2.24) is 5.32 Å². The summed E-state index contributed by atoms with van der Waals surface area (Å²) in [5.41, 5.74) is 0.326. The van der Waals surface area contributed by atoms with Crippen molar-refractivity contribution in [2.24, 2.45) is 11.3 Å². The van der Waals surface area contributed by atoms with Crippen molar-refractivity contribution in [2.45, 2.75) is 116 Å². The van der Waals surface area contributed by atoms with Gasteiger partial charge in [0.1, 0.15) is 17.8 Å². The zero-order valence-electron chi connectivity index (χ0n) is 22.3. The second-order valence-electron chi connectivity index (χ2n) is 12.3. The lowest BCUT2D eigenvalue weighted by molar-refractivity contribution is -0.171. The number of ether oxygens (including phenoxy) is 3. The summed E-state index contributed by atoms with van der Waals surface area (Å²) in [5, 5.41) is 13.8. The third-order valence-corrected chi connectivity index (χ3v) is 7.05. The molecule has 3 aliphatic rings. The van der Waals surface area contributed by atoms with Crippen LogP contribution in [-0.2, 0) is 19.0 Å². The Kier molecular flexibility index (Phi) is 8.18. The summed E-state index contributed by atoms with van der Waals surface area (Å²) in [4.78, 5) is 12.3. The van der Waals surface area contributed by atoms with Gasteiger partial charge in [0.15, 0.2) is 0 Å². The van der Waals surface area contributed by atoms with Gasteiger partial charge in [-0.05, 0) is 57.9 Å². The Morgan fingerprint density at radius 3 is 2.50 bits per heavy atom. The van der Waals surface area contributed by atoms with Crippen LogP contribution in [0.25, 0.3) is 0 Å². The Morgan fingerprint density at radius 1 is 1.21 bits per heavy atom. The largest absolute Gasteiger partial charge is 0.387 e. The minimum absolute atomic E-state index is 0.0126. The predicted molar refractivity (Wildman–Crippen MR) is 134 cm³/mol. The molecule has 3 aliphatic heterocycles. The summed E-state index contributed by atoms with van der Waals surface area (Å²) in [6.07, 6.45) is 11.2. The maximum atomic E-state index is 12.3. The number of aliphatic hydroxyl groups excluding tert-OH is 1. The molecule has 6 nitrogen and oxygen atoms in total. The number of epoxide rings is 1. The van der Waals surface area contributed by atoms with E-state index in [1.54, 1.807) is 6.08 Å². The molecule has 1 amide bonds. The number of allylic oxidation sites excluding steroid dienone is 3. The lowest BCUT2D eigenvalue weighted by atomic mass is 9.83. The van der Waals surface area contributed by atoms with E-state index >= 15 is 0 Å². The number of carbonyl (C=O) groups excluding carboxylic acids is 1. The average molecular weight is 476 g/mol. The summed E-state index contributed by atoms with van der Waals surface area (Å²) < 4.78 is 18.0. The number of hydrogen-bond donors (Lipinski definition) is 2. The highest BCUT2D eigenvalue weighted by molar-refractivity contribution is 5.87. The first-order valence-corrected chi connectivity index (χ1v) is 12.7. The Morgan fingerprint density at radius 2 is 1.88 bits per heavy atom. The molecule has 0 aromatic heterocycles. The molecule has 0 unspecified atom stereocenters. The smallest absolute Gasteiger partial charge is 0.243 e. The fourth-order valence-electron chi connectivity index (χ4n) is 5.00. The molecule has 0 aromatic rings. The van der Waals surface area contributed by atoms with Gasteiger partial charge in [0, 0.05) is 6.42 Å². The van der Waals surface area contributed by atoms with Gasteiger partial charge in [0.25, 0.3) is 0 Å². The van der Waals surface area contributed by atoms with E-state index in [0.717, 1.165) is 18.4 Å². The van der Waals surface area contributed by atoms with Crippen molar-refractivity contribution in [3.63, 3.8) is 0 Å². The van der Waals surface area contributed by atoms with Crippen LogP contribution in [0.15, 0.2) is 36.0 Å². The number of carbonyl (C=O) groups is 1. The number of nitrogens with one attached hydrogen (secondary N) is 1. The molecular weight excluding hydrogens is 430 g/mol. The summed E-state index contributed by atoms with van der Waals surface area (Å²) in [5.74, 6) is 0.271. The highest BCUT2D eigenvalue weighted by atomic mass is 16.6. The van der Waals surface area contributed by atoms with Gasteiger partial charge in [0.2, 0.25) is 5.91 Å². The minimum atomic E-state index is -0.641. The quantitative estimate of drug-likeness (QED) is 0.336. The number of aliphatic hydroxyl groups is 1. The molecule has 7 atom stereocenters. The number of amides is 1. The molecule has 3 saturated heterocycles. The van der Waals surface area contributed by atoms with Crippen molar-refractivity contribution < 1.29 is 24.1 Å². The second kappa shape index (κ2) is 10.3. The van der Waals surface area contributed by atoms with E-state index in [0.29, 0.717) is 18.9 Å². The van der Waals surface area contributed by atoms with Crippen LogP contribution in [-0.4, -0.2) is 59.3 Å². The minimum Gasteiger partial charge on any atom is -0.387 e. The van der Waals surface area contributed by atoms with Crippen LogP contribution in [0.4, 0.5) is 0 Å². The predicted octanol–water partition coefficient (Wildman–Crippen LogP) is 4.48. The van der Waals surface area contributed by atoms with Crippen LogP contribution in [0.5, 0.6) is 0 Å². The molecule has 34 heavy (non-hydrogen) atoms. The van der Waals surface area contributed by atoms with Crippen molar-refractivity contribution in [2.75, 3.05) is 6.61 Å². The first-order chi connectivity index (χ1) is 15.7. The van der Waals surface area contributed by atoms with Crippen LogP contribution >= 0.6 is 0 Å². The maximum Gasteiger partial charge on any atom is 0.243 e. The SMILES string of the molecule is CC(/C=C/[C@H]1OC(C)(C)C[C@@]2(CO2)[C@@H]1O)=C\C[C@@H]1O[C@H](C)[C@H](NC(=O)/C=C\C(C)(C)C)C[C@@H]1C. The molecule has 0 bridgehead atoms. The van der Waals surface area contributed by atoms with Crippen molar-refractivity contribution in [3.8, 4) is 0 Å². The Bertz CT molecular complexity index is 817. The van der Waals surface area contributed by atoms with Crippen molar-refractivity contribution in [1.29, 1.82) is 0 Å². The van der Waals surface area contributed by atoms with Gasteiger partial charge < -0.3 is 24.6 Å². The van der Waals surface area contributed by atoms with Gasteiger partial charge >= 0.3 is 0 Å². The van der Waals surface area contributed by atoms with Crippen molar-refractivity contribution in [3.05, 3.63) is 36.0 Å². The maximum absolute atomic E-state index is 12.3. The molecule has 192 valence electrons. The summed E-state index contributed by atoms with van der Waals surface area (Å²) in [7, 11) is 0. The molecule has 0 aliphatic carbocycles. The Labute approximate surface area is 205 Å². The Balaban J connectivity index is 1.51. The highest BCUT2D eigenvalue weighted by Gasteiger charge is 2.60. The van der Waals surface area contributed by atoms with Crippen LogP contribution in [0, 0.1) is 11.3 Å². The monoisotopic (exact) mass is 475 g/mol. The normalized spacial score (nSPS) is 38.6. The van der Waals surface area contributed by atoms with Gasteiger partial charge in [-0.1, -0.05) is 57.6 Å². The van der Waals surface area contributed by atoms with Crippen LogP contribution in [0.1, 0.15) is 74.7 Å². The van der Waals surface area contributed by atoms with Crippen LogP contribution < -0.4 is 5.32 Å². The van der Waals surface area contributed by atoms with Gasteiger partial charge in [0.05, 0.1) is 30.5 Å². The third kappa shape index (κ3) is 7.27. The number of hydrogen-bond acceptors (Lipinski definition) is 5. The van der Waals surface area contributed by atoms with E-state index in [9.17, 15) is 9.90 Å². The lowest BCUT2D eigenvalue weighted by Crippen LogP contribution is -2.53. The van der Waals surface area contributed by atoms with Gasteiger partial charge in [-0.15, -0.1) is 0 Å². The molecule has 0 radical (unpaired) electrons. The van der Waals surface area contributed by atoms with Crippen molar-refractivity contribution >= 4 is 5.91 Å². The van der Waals surface area contributed by atoms with E-state index in [2.05, 4.69) is 46.0 Å². The fraction of sp³-hybridized carbons (Fsp3) is 0.750. The standard InChI is InChI=1S/C28H45NO5/c1-18(10-12-23-25(31)28(17-32-28)16-27(7,8)34-23)9-11-22-19(2)15-21(20(3)33-22)29-24(30)13-14-26(4,5)6/h9-10,12-14,19-23,25,31H,11,15-17H2,1-8H3,(H,29,30)/b12-10+,14-13-,18-9+/t19-,20+,21+,22-,23+,25+,28+/m0/s1. The Hall–Kier alpha value is -1.47. The summed E-state index contributed by atoms with van der Waals surface area (Å²) in [6.45, 7) is 17.2. The first-order valence-electron chi connectivity index (χ1n) is 12.7. The van der Waals surface area contributed by atoms with Crippen LogP contribution in [0.3, 0.4) is 0 Å². The molecule has 0 aromatic carbocycles. The van der Waals surface area contributed by atoms with E-state index in [-0.39, 0.29) is 41.3 Å². The third-order valence-electron chi connectivity index (χ3n) is 7.05. The second-order valence-corrected chi connectivity index (χ2v) is 12.3. The zero-order valence-corrected chi connectivity index (χ0v) is 22.3. The molecular formula is C28H45NO5. The first kappa shape index (κ1) is 27.1. The molecule has 1 spiro atoms. The van der Waals surface area contributed by atoms with Gasteiger partial charge in [-0.25, -0.2) is 0 Å². The molecule has 2 N–H and O–H groups in total. The molecule has 3 heterocycles. The van der Waals surface area contributed by atoms with Gasteiger partial charge in [-0.2, -0.15) is 0 Å². The topological polar surface area (TPSA) is 80.3 Å². The van der Waals surface area contributed by atoms with Crippen LogP contribution in [0.2, 0.25) is 0 Å². The summed E-state index contributed by atoms with van der Waals surface area (Å²) >= 11 is 0. The fourth-order valence-corrected chi connectivity index (χ4v) is 5.00. The molecule has 3 fully saturated rings. The molecule has 6 heteroatoms. The molecule has 3 rings (SSSR count). The molecule has 0 saturated carbocycles. The number of rotatable bonds is 6. The average Bonchev–Trinajstić information content (AvgIpc) is 3.48. The summed E-state index contributed by atoms with van der Waals surface area (Å²) in [6, 6.07) is 0.0126. The van der Waals surface area contributed by atoms with E-state index in [1.165, 1.54) is 0 Å².